The summed E-state index contributed by atoms with van der Waals surface area (Å²) in [5.41, 5.74) is 0.796. The monoisotopic (exact) mass is 293 g/mol. The molecule has 1 unspecified atom stereocenters. The van der Waals surface area contributed by atoms with Crippen LogP contribution in [-0.2, 0) is 6.54 Å². The zero-order valence-electron chi connectivity index (χ0n) is 12.2. The van der Waals surface area contributed by atoms with Crippen LogP contribution in [0.5, 0.6) is 0 Å². The summed E-state index contributed by atoms with van der Waals surface area (Å²) in [7, 11) is 0. The van der Waals surface area contributed by atoms with Crippen LogP contribution in [0, 0.1) is 16.0 Å². The maximum atomic E-state index is 11.9. The minimum absolute atomic E-state index is 0.0474. The average molecular weight is 293 g/mol. The van der Waals surface area contributed by atoms with Gasteiger partial charge in [0.2, 0.25) is 0 Å². The number of hydrogen-bond acceptors (Lipinski definition) is 5. The maximum absolute atomic E-state index is 11.9. The van der Waals surface area contributed by atoms with Gasteiger partial charge in [-0.3, -0.25) is 14.7 Å². The minimum atomic E-state index is -0.479. The molecule has 0 saturated carbocycles. The lowest BCUT2D eigenvalue weighted by molar-refractivity contribution is -0.384. The highest BCUT2D eigenvalue weighted by molar-refractivity contribution is 5.75. The second-order valence-electron chi connectivity index (χ2n) is 5.20. The SMILES string of the molecule is CCCNCC(C)Cn1c(=O)oc2ccc([N+](=O)[O-])cc21. The third-order valence-electron chi connectivity index (χ3n) is 3.28. The Bertz CT molecular complexity index is 689. The van der Waals surface area contributed by atoms with Gasteiger partial charge in [0.05, 0.1) is 10.4 Å². The van der Waals surface area contributed by atoms with Crippen LogP contribution < -0.4 is 11.1 Å². The van der Waals surface area contributed by atoms with Gasteiger partial charge in [0.15, 0.2) is 5.58 Å². The predicted octanol–water partition coefficient (Wildman–Crippen LogP) is 2.14. The number of oxazole rings is 1. The van der Waals surface area contributed by atoms with Crippen LogP contribution in [-0.4, -0.2) is 22.6 Å². The third kappa shape index (κ3) is 3.49. The number of nitro groups is 1. The minimum Gasteiger partial charge on any atom is -0.408 e. The van der Waals surface area contributed by atoms with Crippen molar-refractivity contribution in [3.05, 3.63) is 38.9 Å². The third-order valence-corrected chi connectivity index (χ3v) is 3.28. The molecule has 1 aromatic heterocycles. The maximum Gasteiger partial charge on any atom is 0.419 e. The fourth-order valence-electron chi connectivity index (χ4n) is 2.24. The number of nitro benzene ring substituents is 1. The van der Waals surface area contributed by atoms with E-state index in [1.165, 1.54) is 22.8 Å². The van der Waals surface area contributed by atoms with E-state index in [9.17, 15) is 14.9 Å². The van der Waals surface area contributed by atoms with Crippen LogP contribution in [0.2, 0.25) is 0 Å². The molecule has 1 N–H and O–H groups in total. The standard InChI is InChI=1S/C14H19N3O4/c1-3-6-15-8-10(2)9-16-12-7-11(17(19)20)4-5-13(12)21-14(16)18/h4-5,7,10,15H,3,6,8-9H2,1-2H3. The van der Waals surface area contributed by atoms with Crippen LogP contribution >= 0.6 is 0 Å². The van der Waals surface area contributed by atoms with E-state index in [-0.39, 0.29) is 11.6 Å². The number of benzene rings is 1. The highest BCUT2D eigenvalue weighted by Gasteiger charge is 2.15. The van der Waals surface area contributed by atoms with E-state index in [0.717, 1.165) is 19.5 Å². The van der Waals surface area contributed by atoms with Gasteiger partial charge in [-0.05, 0) is 31.5 Å². The molecule has 21 heavy (non-hydrogen) atoms. The van der Waals surface area contributed by atoms with E-state index in [2.05, 4.69) is 12.2 Å². The summed E-state index contributed by atoms with van der Waals surface area (Å²) < 4.78 is 6.58. The number of hydrogen-bond donors (Lipinski definition) is 1. The number of nitrogens with zero attached hydrogens (tertiary/aromatic N) is 2. The van der Waals surface area contributed by atoms with E-state index >= 15 is 0 Å². The first-order valence-electron chi connectivity index (χ1n) is 7.01. The summed E-state index contributed by atoms with van der Waals surface area (Å²) in [5, 5.41) is 14.1. The van der Waals surface area contributed by atoms with Gasteiger partial charge in [-0.25, -0.2) is 4.79 Å². The van der Waals surface area contributed by atoms with E-state index in [1.54, 1.807) is 0 Å². The van der Waals surface area contributed by atoms with Crippen LogP contribution in [0.4, 0.5) is 5.69 Å². The Hall–Kier alpha value is -2.15. The first kappa shape index (κ1) is 15.2. The summed E-state index contributed by atoms with van der Waals surface area (Å²) in [5.74, 6) is -0.262. The van der Waals surface area contributed by atoms with Gasteiger partial charge in [-0.1, -0.05) is 13.8 Å². The molecule has 0 aliphatic heterocycles. The Labute approximate surface area is 121 Å². The first-order valence-corrected chi connectivity index (χ1v) is 7.01. The van der Waals surface area contributed by atoms with Gasteiger partial charge < -0.3 is 9.73 Å². The van der Waals surface area contributed by atoms with Crippen molar-refractivity contribution in [1.82, 2.24) is 9.88 Å². The average Bonchev–Trinajstić information content (AvgIpc) is 2.74. The van der Waals surface area contributed by atoms with Gasteiger partial charge >= 0.3 is 5.76 Å². The molecule has 0 bridgehead atoms. The van der Waals surface area contributed by atoms with Crippen molar-refractivity contribution in [3.63, 3.8) is 0 Å². The molecule has 0 aliphatic rings. The van der Waals surface area contributed by atoms with Gasteiger partial charge in [-0.2, -0.15) is 0 Å². The topological polar surface area (TPSA) is 90.3 Å². The Balaban J connectivity index is 2.25. The summed E-state index contributed by atoms with van der Waals surface area (Å²) in [6.07, 6.45) is 1.05. The first-order chi connectivity index (χ1) is 10.0. The van der Waals surface area contributed by atoms with Crippen LogP contribution in [0.15, 0.2) is 27.4 Å². The smallest absolute Gasteiger partial charge is 0.408 e. The molecule has 1 aromatic carbocycles. The molecular formula is C14H19N3O4. The van der Waals surface area contributed by atoms with Gasteiger partial charge in [-0.15, -0.1) is 0 Å². The van der Waals surface area contributed by atoms with E-state index in [1.807, 2.05) is 6.92 Å². The Morgan fingerprint density at radius 1 is 1.48 bits per heavy atom. The van der Waals surface area contributed by atoms with Gasteiger partial charge in [0, 0.05) is 18.7 Å². The zero-order valence-corrected chi connectivity index (χ0v) is 12.2. The van der Waals surface area contributed by atoms with Crippen molar-refractivity contribution in [2.75, 3.05) is 13.1 Å². The fourth-order valence-corrected chi connectivity index (χ4v) is 2.24. The summed E-state index contributed by atoms with van der Waals surface area (Å²) in [6, 6.07) is 4.18. The Morgan fingerprint density at radius 2 is 2.24 bits per heavy atom. The number of fused-ring (bicyclic) bond motifs is 1. The number of aromatic nitrogens is 1. The molecule has 0 radical (unpaired) electrons. The molecule has 114 valence electrons. The largest absolute Gasteiger partial charge is 0.419 e. The zero-order chi connectivity index (χ0) is 15.4. The van der Waals surface area contributed by atoms with Crippen LogP contribution in [0.25, 0.3) is 11.1 Å². The van der Waals surface area contributed by atoms with Gasteiger partial charge in [0.25, 0.3) is 5.69 Å². The summed E-state index contributed by atoms with van der Waals surface area (Å²) >= 11 is 0. The van der Waals surface area contributed by atoms with Gasteiger partial charge in [0.1, 0.15) is 0 Å². The highest BCUT2D eigenvalue weighted by atomic mass is 16.6. The molecule has 1 atom stereocenters. The van der Waals surface area contributed by atoms with E-state index in [0.29, 0.717) is 17.6 Å². The second kappa shape index (κ2) is 6.53. The Kier molecular flexibility index (Phi) is 4.74. The number of non-ortho nitro benzene ring substituents is 1. The fraction of sp³-hybridized carbons (Fsp3) is 0.500. The number of nitrogens with one attached hydrogen (secondary N) is 1. The van der Waals surface area contributed by atoms with Crippen LogP contribution in [0.1, 0.15) is 20.3 Å². The molecule has 0 fully saturated rings. The molecule has 0 amide bonds. The van der Waals surface area contributed by atoms with Crippen molar-refractivity contribution in [1.29, 1.82) is 0 Å². The molecular weight excluding hydrogens is 274 g/mol. The molecule has 7 heteroatoms. The second-order valence-corrected chi connectivity index (χ2v) is 5.20. The molecule has 2 aromatic rings. The summed E-state index contributed by atoms with van der Waals surface area (Å²) in [6.45, 7) is 6.28. The molecule has 0 saturated heterocycles. The van der Waals surface area contributed by atoms with E-state index < -0.39 is 10.7 Å². The predicted molar refractivity (Wildman–Crippen MR) is 79.5 cm³/mol. The number of rotatable bonds is 7. The van der Waals surface area contributed by atoms with Crippen molar-refractivity contribution in [3.8, 4) is 0 Å². The van der Waals surface area contributed by atoms with E-state index in [4.69, 9.17) is 4.42 Å². The molecule has 1 heterocycles. The Morgan fingerprint density at radius 3 is 2.90 bits per heavy atom. The van der Waals surface area contributed by atoms with Crippen molar-refractivity contribution < 1.29 is 9.34 Å². The van der Waals surface area contributed by atoms with Crippen molar-refractivity contribution in [2.45, 2.75) is 26.8 Å². The molecule has 0 aliphatic carbocycles. The lowest BCUT2D eigenvalue weighted by Gasteiger charge is -2.12. The van der Waals surface area contributed by atoms with Crippen molar-refractivity contribution in [2.24, 2.45) is 5.92 Å². The summed E-state index contributed by atoms with van der Waals surface area (Å²) in [4.78, 5) is 22.2. The van der Waals surface area contributed by atoms with Crippen molar-refractivity contribution >= 4 is 16.8 Å². The molecule has 7 nitrogen and oxygen atoms in total. The molecule has 2 rings (SSSR count). The quantitative estimate of drug-likeness (QED) is 0.480. The normalized spacial score (nSPS) is 12.7. The molecule has 0 spiro atoms. The lowest BCUT2D eigenvalue weighted by Crippen LogP contribution is -2.27. The highest BCUT2D eigenvalue weighted by Crippen LogP contribution is 2.20. The lowest BCUT2D eigenvalue weighted by atomic mass is 10.1. The van der Waals surface area contributed by atoms with Crippen LogP contribution in [0.3, 0.4) is 0 Å².